The molecular formula is C13H18O3. The first-order valence-electron chi connectivity index (χ1n) is 5.64. The summed E-state index contributed by atoms with van der Waals surface area (Å²) in [5.41, 5.74) is 0.707. The maximum absolute atomic E-state index is 11.4. The highest BCUT2D eigenvalue weighted by Gasteiger charge is 2.09. The molecule has 0 atom stereocenters. The van der Waals surface area contributed by atoms with Crippen molar-refractivity contribution in [2.45, 2.75) is 39.5 Å². The lowest BCUT2D eigenvalue weighted by Gasteiger charge is -2.07. The lowest BCUT2D eigenvalue weighted by Crippen LogP contribution is -2.07. The van der Waals surface area contributed by atoms with Gasteiger partial charge in [-0.25, -0.2) is 0 Å². The van der Waals surface area contributed by atoms with Crippen LogP contribution in [0.1, 0.15) is 38.2 Å². The van der Waals surface area contributed by atoms with Crippen molar-refractivity contribution in [1.82, 2.24) is 0 Å². The fourth-order valence-corrected chi connectivity index (χ4v) is 1.41. The first-order valence-corrected chi connectivity index (χ1v) is 5.64. The molecule has 0 radical (unpaired) electrons. The van der Waals surface area contributed by atoms with E-state index in [0.717, 1.165) is 19.3 Å². The quantitative estimate of drug-likeness (QED) is 0.473. The summed E-state index contributed by atoms with van der Waals surface area (Å²) < 4.78 is 5.08. The molecule has 0 aromatic heterocycles. The van der Waals surface area contributed by atoms with E-state index in [1.165, 1.54) is 0 Å². The Morgan fingerprint density at radius 3 is 2.81 bits per heavy atom. The summed E-state index contributed by atoms with van der Waals surface area (Å²) in [6.07, 6.45) is 3.33. The van der Waals surface area contributed by atoms with Crippen molar-refractivity contribution in [3.05, 3.63) is 23.8 Å². The molecule has 88 valence electrons. The summed E-state index contributed by atoms with van der Waals surface area (Å²) in [4.78, 5) is 11.4. The van der Waals surface area contributed by atoms with Crippen LogP contribution in [-0.2, 0) is 4.79 Å². The van der Waals surface area contributed by atoms with Crippen LogP contribution in [0.5, 0.6) is 11.5 Å². The Balaban J connectivity index is 2.53. The molecule has 0 heterocycles. The number of carbonyl (C=O) groups is 1. The van der Waals surface area contributed by atoms with E-state index in [1.54, 1.807) is 25.1 Å². The van der Waals surface area contributed by atoms with E-state index in [1.807, 2.05) is 0 Å². The first kappa shape index (κ1) is 12.6. The third kappa shape index (κ3) is 3.57. The van der Waals surface area contributed by atoms with Crippen LogP contribution in [0.4, 0.5) is 0 Å². The van der Waals surface area contributed by atoms with Crippen molar-refractivity contribution < 1.29 is 14.6 Å². The van der Waals surface area contributed by atoms with Gasteiger partial charge in [0.2, 0.25) is 0 Å². The Morgan fingerprint density at radius 2 is 2.12 bits per heavy atom. The number of carbonyl (C=O) groups excluding carboxylic acids is 1. The van der Waals surface area contributed by atoms with Crippen molar-refractivity contribution in [3.8, 4) is 11.5 Å². The molecule has 0 unspecified atom stereocenters. The Hall–Kier alpha value is -1.51. The van der Waals surface area contributed by atoms with Crippen LogP contribution in [0.25, 0.3) is 0 Å². The van der Waals surface area contributed by atoms with Gasteiger partial charge < -0.3 is 9.84 Å². The van der Waals surface area contributed by atoms with Crippen LogP contribution < -0.4 is 4.74 Å². The number of hydrogen-bond acceptors (Lipinski definition) is 3. The standard InChI is InChI=1S/C13H18O3/c1-3-4-5-9-12(14)16-11-8-6-7-10(2)13(11)15/h6-8,15H,3-5,9H2,1-2H3. The number of phenols is 1. The molecule has 16 heavy (non-hydrogen) atoms. The lowest BCUT2D eigenvalue weighted by atomic mass is 10.2. The average Bonchev–Trinajstić information content (AvgIpc) is 2.25. The van der Waals surface area contributed by atoms with E-state index < -0.39 is 0 Å². The zero-order valence-electron chi connectivity index (χ0n) is 9.82. The van der Waals surface area contributed by atoms with Crippen molar-refractivity contribution in [2.24, 2.45) is 0 Å². The predicted octanol–water partition coefficient (Wildman–Crippen LogP) is 3.19. The highest BCUT2D eigenvalue weighted by atomic mass is 16.5. The monoisotopic (exact) mass is 222 g/mol. The van der Waals surface area contributed by atoms with Gasteiger partial charge in [0.05, 0.1) is 0 Å². The van der Waals surface area contributed by atoms with E-state index in [-0.39, 0.29) is 17.5 Å². The average molecular weight is 222 g/mol. The Morgan fingerprint density at radius 1 is 1.38 bits per heavy atom. The lowest BCUT2D eigenvalue weighted by molar-refractivity contribution is -0.134. The zero-order chi connectivity index (χ0) is 12.0. The summed E-state index contributed by atoms with van der Waals surface area (Å²) in [5.74, 6) is 0.0159. The van der Waals surface area contributed by atoms with Crippen LogP contribution >= 0.6 is 0 Å². The number of hydrogen-bond donors (Lipinski definition) is 1. The minimum atomic E-state index is -0.283. The predicted molar refractivity (Wildman–Crippen MR) is 62.6 cm³/mol. The van der Waals surface area contributed by atoms with Gasteiger partial charge in [0.1, 0.15) is 0 Å². The van der Waals surface area contributed by atoms with Gasteiger partial charge in [0.25, 0.3) is 0 Å². The normalized spacial score (nSPS) is 10.1. The van der Waals surface area contributed by atoms with E-state index in [4.69, 9.17) is 4.74 Å². The fourth-order valence-electron chi connectivity index (χ4n) is 1.41. The number of para-hydroxylation sites is 1. The number of esters is 1. The number of ether oxygens (including phenoxy) is 1. The summed E-state index contributed by atoms with van der Waals surface area (Å²) >= 11 is 0. The number of aryl methyl sites for hydroxylation is 1. The molecule has 0 spiro atoms. The molecule has 0 amide bonds. The molecule has 3 heteroatoms. The molecule has 0 bridgehead atoms. The van der Waals surface area contributed by atoms with Gasteiger partial charge in [-0.15, -0.1) is 0 Å². The van der Waals surface area contributed by atoms with Crippen LogP contribution in [0, 0.1) is 6.92 Å². The van der Waals surface area contributed by atoms with Crippen LogP contribution in [-0.4, -0.2) is 11.1 Å². The molecule has 3 nitrogen and oxygen atoms in total. The number of rotatable bonds is 5. The Bertz CT molecular complexity index is 358. The molecule has 0 saturated heterocycles. The number of aromatic hydroxyl groups is 1. The summed E-state index contributed by atoms with van der Waals surface area (Å²) in [6, 6.07) is 5.12. The number of benzene rings is 1. The van der Waals surface area contributed by atoms with Crippen LogP contribution in [0.3, 0.4) is 0 Å². The summed E-state index contributed by atoms with van der Waals surface area (Å²) in [7, 11) is 0. The van der Waals surface area contributed by atoms with E-state index >= 15 is 0 Å². The molecule has 0 aliphatic carbocycles. The van der Waals surface area contributed by atoms with Gasteiger partial charge in [-0.05, 0) is 25.0 Å². The SMILES string of the molecule is CCCCCC(=O)Oc1cccc(C)c1O. The molecule has 0 saturated carbocycles. The third-order valence-corrected chi connectivity index (χ3v) is 2.41. The molecule has 1 N–H and O–H groups in total. The molecule has 1 aromatic carbocycles. The van der Waals surface area contributed by atoms with Gasteiger partial charge >= 0.3 is 5.97 Å². The maximum atomic E-state index is 11.4. The van der Waals surface area contributed by atoms with Crippen molar-refractivity contribution in [3.63, 3.8) is 0 Å². The highest BCUT2D eigenvalue weighted by molar-refractivity contribution is 5.73. The van der Waals surface area contributed by atoms with Gasteiger partial charge in [-0.2, -0.15) is 0 Å². The summed E-state index contributed by atoms with van der Waals surface area (Å²) in [6.45, 7) is 3.85. The molecule has 0 aliphatic heterocycles. The first-order chi connectivity index (χ1) is 7.65. The van der Waals surface area contributed by atoms with Gasteiger partial charge in [0.15, 0.2) is 11.5 Å². The summed E-state index contributed by atoms with van der Waals surface area (Å²) in [5, 5.41) is 9.64. The maximum Gasteiger partial charge on any atom is 0.311 e. The Kier molecular flexibility index (Phi) is 4.83. The largest absolute Gasteiger partial charge is 0.504 e. The second-order valence-electron chi connectivity index (χ2n) is 3.85. The highest BCUT2D eigenvalue weighted by Crippen LogP contribution is 2.29. The number of phenolic OH excluding ortho intramolecular Hbond substituents is 1. The van der Waals surface area contributed by atoms with Gasteiger partial charge in [-0.1, -0.05) is 31.9 Å². The van der Waals surface area contributed by atoms with Crippen molar-refractivity contribution in [1.29, 1.82) is 0 Å². The second kappa shape index (κ2) is 6.16. The molecular weight excluding hydrogens is 204 g/mol. The smallest absolute Gasteiger partial charge is 0.311 e. The van der Waals surface area contributed by atoms with Crippen LogP contribution in [0.15, 0.2) is 18.2 Å². The van der Waals surface area contributed by atoms with Gasteiger partial charge in [0, 0.05) is 6.42 Å². The topological polar surface area (TPSA) is 46.5 Å². The van der Waals surface area contributed by atoms with E-state index in [2.05, 4.69) is 6.92 Å². The fraction of sp³-hybridized carbons (Fsp3) is 0.462. The molecule has 0 fully saturated rings. The van der Waals surface area contributed by atoms with Crippen LogP contribution in [0.2, 0.25) is 0 Å². The third-order valence-electron chi connectivity index (χ3n) is 2.41. The van der Waals surface area contributed by atoms with E-state index in [9.17, 15) is 9.90 Å². The van der Waals surface area contributed by atoms with Crippen molar-refractivity contribution >= 4 is 5.97 Å². The minimum absolute atomic E-state index is 0.0475. The zero-order valence-corrected chi connectivity index (χ0v) is 9.82. The van der Waals surface area contributed by atoms with Crippen molar-refractivity contribution in [2.75, 3.05) is 0 Å². The Labute approximate surface area is 96.1 Å². The van der Waals surface area contributed by atoms with E-state index in [0.29, 0.717) is 12.0 Å². The number of unbranched alkanes of at least 4 members (excludes halogenated alkanes) is 2. The van der Waals surface area contributed by atoms with Gasteiger partial charge in [-0.3, -0.25) is 4.79 Å². The molecule has 0 aliphatic rings. The second-order valence-corrected chi connectivity index (χ2v) is 3.85. The molecule has 1 aromatic rings. The minimum Gasteiger partial charge on any atom is -0.504 e. The molecule has 1 rings (SSSR count).